The molecule has 6 fully saturated rings. The van der Waals surface area contributed by atoms with Crippen LogP contribution in [0.1, 0.15) is 114 Å². The van der Waals surface area contributed by atoms with Crippen LogP contribution < -0.4 is 0 Å². The Kier molecular flexibility index (Phi) is 5.57. The highest BCUT2D eigenvalue weighted by atomic mass is 17.1. The van der Waals surface area contributed by atoms with E-state index in [1.165, 1.54) is 32.6 Å². The molecule has 5 aliphatic carbocycles. The van der Waals surface area contributed by atoms with Gasteiger partial charge in [0.05, 0.1) is 0 Å². The second-order valence-electron chi connectivity index (χ2n) is 16.2. The lowest BCUT2D eigenvalue weighted by molar-refractivity contribution is -0.349. The third-order valence-electron chi connectivity index (χ3n) is 14.7. The van der Waals surface area contributed by atoms with Gasteiger partial charge in [-0.3, -0.25) is 10.1 Å². The molecular weight excluding hydrogens is 464 g/mol. The average Bonchev–Trinajstić information content (AvgIpc) is 3.54. The minimum Gasteiger partial charge on any atom is -0.462 e. The van der Waals surface area contributed by atoms with Crippen molar-refractivity contribution in [1.29, 1.82) is 0 Å². The molecule has 37 heavy (non-hydrogen) atoms. The van der Waals surface area contributed by atoms with Crippen molar-refractivity contribution in [3.8, 4) is 0 Å². The monoisotopic (exact) mass is 516 g/mol. The SMILES string of the molecule is CC(=O)OC1CCC2(C)C(CCC3(C)C2C(OO)C2OC24C2C(C)C(C)CCC2(C)CCC34C)C1(C)C. The number of ether oxygens (including phenoxy) is 2. The van der Waals surface area contributed by atoms with Gasteiger partial charge >= 0.3 is 5.97 Å². The molecule has 13 atom stereocenters. The number of esters is 1. The molecule has 0 aromatic rings. The van der Waals surface area contributed by atoms with E-state index in [2.05, 4.69) is 55.4 Å². The first-order valence-corrected chi connectivity index (χ1v) is 15.3. The lowest BCUT2D eigenvalue weighted by atomic mass is 9.30. The van der Waals surface area contributed by atoms with E-state index in [0.29, 0.717) is 29.1 Å². The number of hydrogen-bond donors (Lipinski definition) is 1. The van der Waals surface area contributed by atoms with E-state index in [1.54, 1.807) is 0 Å². The molecule has 1 saturated heterocycles. The van der Waals surface area contributed by atoms with Crippen LogP contribution in [0.2, 0.25) is 0 Å². The van der Waals surface area contributed by atoms with E-state index in [1.807, 2.05) is 0 Å². The first-order valence-electron chi connectivity index (χ1n) is 15.3. The van der Waals surface area contributed by atoms with Gasteiger partial charge in [0.2, 0.25) is 0 Å². The molecular formula is C32H52O5. The maximum absolute atomic E-state index is 12.0. The summed E-state index contributed by atoms with van der Waals surface area (Å²) in [4.78, 5) is 17.6. The van der Waals surface area contributed by atoms with E-state index in [0.717, 1.165) is 25.7 Å². The minimum absolute atomic E-state index is 0.00469. The Morgan fingerprint density at radius 2 is 1.59 bits per heavy atom. The number of epoxide rings is 1. The Balaban J connectivity index is 1.45. The predicted octanol–water partition coefficient (Wildman–Crippen LogP) is 7.27. The molecule has 6 rings (SSSR count). The van der Waals surface area contributed by atoms with Crippen molar-refractivity contribution in [1.82, 2.24) is 0 Å². The summed E-state index contributed by atoms with van der Waals surface area (Å²) < 4.78 is 13.0. The van der Waals surface area contributed by atoms with Crippen LogP contribution in [0.25, 0.3) is 0 Å². The Morgan fingerprint density at radius 3 is 2.24 bits per heavy atom. The number of hydrogen-bond acceptors (Lipinski definition) is 5. The van der Waals surface area contributed by atoms with Gasteiger partial charge in [0, 0.05) is 23.7 Å². The quantitative estimate of drug-likeness (QED) is 0.181. The zero-order valence-corrected chi connectivity index (χ0v) is 24.9. The molecule has 1 aliphatic heterocycles. The first-order chi connectivity index (χ1) is 17.1. The van der Waals surface area contributed by atoms with Gasteiger partial charge in [-0.1, -0.05) is 55.4 Å². The van der Waals surface area contributed by atoms with Crippen LogP contribution in [0.15, 0.2) is 0 Å². The smallest absolute Gasteiger partial charge is 0.302 e. The van der Waals surface area contributed by atoms with Gasteiger partial charge in [0.1, 0.15) is 23.9 Å². The van der Waals surface area contributed by atoms with Gasteiger partial charge in [-0.15, -0.1) is 0 Å². The van der Waals surface area contributed by atoms with Gasteiger partial charge in [0.15, 0.2) is 0 Å². The number of carbonyl (C=O) groups is 1. The van der Waals surface area contributed by atoms with Crippen LogP contribution in [0.3, 0.4) is 0 Å². The van der Waals surface area contributed by atoms with E-state index in [-0.39, 0.29) is 57.5 Å². The fraction of sp³-hybridized carbons (Fsp3) is 0.969. The highest BCUT2D eigenvalue weighted by Gasteiger charge is 2.87. The fourth-order valence-corrected chi connectivity index (χ4v) is 12.6. The molecule has 0 amide bonds. The maximum atomic E-state index is 12.0. The van der Waals surface area contributed by atoms with Crippen molar-refractivity contribution in [2.75, 3.05) is 0 Å². The zero-order chi connectivity index (χ0) is 27.0. The van der Waals surface area contributed by atoms with Crippen LogP contribution in [0.4, 0.5) is 0 Å². The summed E-state index contributed by atoms with van der Waals surface area (Å²) in [6, 6.07) is 0. The Bertz CT molecular complexity index is 978. The van der Waals surface area contributed by atoms with E-state index < -0.39 is 0 Å². The molecule has 0 aromatic carbocycles. The highest BCUT2D eigenvalue weighted by Crippen LogP contribution is 2.83. The van der Waals surface area contributed by atoms with Crippen molar-refractivity contribution >= 4 is 5.97 Å². The van der Waals surface area contributed by atoms with E-state index >= 15 is 0 Å². The number of carbonyl (C=O) groups excluding carboxylic acids is 1. The molecule has 6 aliphatic rings. The van der Waals surface area contributed by atoms with Gasteiger partial charge < -0.3 is 9.47 Å². The highest BCUT2D eigenvalue weighted by molar-refractivity contribution is 5.66. The molecule has 5 heteroatoms. The molecule has 1 heterocycles. The van der Waals surface area contributed by atoms with Crippen LogP contribution >= 0.6 is 0 Å². The number of fused-ring (bicyclic) bond motifs is 5. The lowest BCUT2D eigenvalue weighted by Crippen LogP contribution is -2.74. The first kappa shape index (κ1) is 26.6. The summed E-state index contributed by atoms with van der Waals surface area (Å²) >= 11 is 0. The van der Waals surface area contributed by atoms with Crippen molar-refractivity contribution in [2.24, 2.45) is 56.7 Å². The fourth-order valence-electron chi connectivity index (χ4n) is 12.6. The predicted molar refractivity (Wildman–Crippen MR) is 143 cm³/mol. The summed E-state index contributed by atoms with van der Waals surface area (Å²) in [6.07, 6.45) is 8.75. The summed E-state index contributed by atoms with van der Waals surface area (Å²) in [6.45, 7) is 21.2. The molecule has 13 unspecified atom stereocenters. The van der Waals surface area contributed by atoms with Crippen molar-refractivity contribution in [2.45, 2.75) is 138 Å². The van der Waals surface area contributed by atoms with Crippen molar-refractivity contribution < 1.29 is 24.4 Å². The maximum Gasteiger partial charge on any atom is 0.302 e. The largest absolute Gasteiger partial charge is 0.462 e. The summed E-state index contributed by atoms with van der Waals surface area (Å²) in [5, 5.41) is 10.6. The Hall–Kier alpha value is -0.650. The zero-order valence-electron chi connectivity index (χ0n) is 24.9. The minimum atomic E-state index is -0.307. The Morgan fingerprint density at radius 1 is 0.892 bits per heavy atom. The molecule has 1 spiro atoms. The molecule has 0 radical (unpaired) electrons. The van der Waals surface area contributed by atoms with Crippen molar-refractivity contribution in [3.63, 3.8) is 0 Å². The molecule has 0 bridgehead atoms. The van der Waals surface area contributed by atoms with Crippen LogP contribution in [-0.4, -0.2) is 35.1 Å². The third-order valence-corrected chi connectivity index (χ3v) is 14.7. The molecule has 1 N–H and O–H groups in total. The van der Waals surface area contributed by atoms with Crippen LogP contribution in [-0.2, 0) is 19.2 Å². The standard InChI is InChI=1S/C32H52O5/c1-18-10-13-28(6)16-17-31(9)30(8)15-11-21-27(4,5)22(35-20(3)33)12-14-29(21,7)25(30)23(37-34)26-32(31,36-26)24(28)19(18)2/h18-19,21-26,34H,10-17H2,1-9H3. The van der Waals surface area contributed by atoms with Gasteiger partial charge in [0.25, 0.3) is 0 Å². The van der Waals surface area contributed by atoms with E-state index in [4.69, 9.17) is 14.4 Å². The lowest BCUT2D eigenvalue weighted by Gasteiger charge is -2.73. The summed E-state index contributed by atoms with van der Waals surface area (Å²) in [7, 11) is 0. The van der Waals surface area contributed by atoms with Crippen LogP contribution in [0.5, 0.6) is 0 Å². The molecule has 210 valence electrons. The van der Waals surface area contributed by atoms with Crippen molar-refractivity contribution in [3.05, 3.63) is 0 Å². The molecule has 5 nitrogen and oxygen atoms in total. The molecule has 0 aromatic heterocycles. The summed E-state index contributed by atoms with van der Waals surface area (Å²) in [5.74, 6) is 2.22. The van der Waals surface area contributed by atoms with E-state index in [9.17, 15) is 10.1 Å². The Labute approximate surface area is 224 Å². The second kappa shape index (κ2) is 7.75. The molecule has 5 saturated carbocycles. The van der Waals surface area contributed by atoms with Crippen LogP contribution in [0, 0.1) is 56.7 Å². The normalized spacial score (nSPS) is 59.6. The van der Waals surface area contributed by atoms with Gasteiger partial charge in [-0.2, -0.15) is 0 Å². The topological polar surface area (TPSA) is 68.3 Å². The summed E-state index contributed by atoms with van der Waals surface area (Å²) in [5.41, 5.74) is -0.00336. The van der Waals surface area contributed by atoms with Gasteiger partial charge in [-0.25, -0.2) is 4.89 Å². The van der Waals surface area contributed by atoms with Gasteiger partial charge in [-0.05, 0) is 91.3 Å². The number of rotatable bonds is 2. The average molecular weight is 517 g/mol. The third kappa shape index (κ3) is 2.95. The second-order valence-corrected chi connectivity index (χ2v) is 16.2.